The van der Waals surface area contributed by atoms with Crippen LogP contribution in [0, 0.1) is 22.7 Å². The van der Waals surface area contributed by atoms with Crippen molar-refractivity contribution in [3.8, 4) is 0 Å². The normalized spacial score (nSPS) is 28.0. The lowest BCUT2D eigenvalue weighted by atomic mass is 9.47. The van der Waals surface area contributed by atoms with E-state index >= 15 is 0 Å². The number of hydrogen-bond donors (Lipinski definition) is 1. The highest BCUT2D eigenvalue weighted by Crippen LogP contribution is 2.61. The molecule has 0 unspecified atom stereocenters. The van der Waals surface area contributed by atoms with Crippen LogP contribution in [0.2, 0.25) is 0 Å². The molecule has 2 aliphatic carbocycles. The molecule has 33 heavy (non-hydrogen) atoms. The van der Waals surface area contributed by atoms with E-state index in [1.807, 2.05) is 37.3 Å². The lowest BCUT2D eigenvalue weighted by Crippen LogP contribution is -2.49. The van der Waals surface area contributed by atoms with Crippen molar-refractivity contribution in [1.29, 1.82) is 0 Å². The van der Waals surface area contributed by atoms with Gasteiger partial charge in [-0.05, 0) is 100 Å². The predicted molar refractivity (Wildman–Crippen MR) is 139 cm³/mol. The van der Waals surface area contributed by atoms with Crippen LogP contribution in [0.4, 0.5) is 10.5 Å². The van der Waals surface area contributed by atoms with Crippen molar-refractivity contribution < 1.29 is 9.53 Å². The summed E-state index contributed by atoms with van der Waals surface area (Å²) >= 11 is 0. The molecule has 0 saturated heterocycles. The monoisotopic (exact) mass is 451 g/mol. The van der Waals surface area contributed by atoms with Crippen LogP contribution in [-0.4, -0.2) is 12.2 Å². The van der Waals surface area contributed by atoms with E-state index < -0.39 is 0 Å². The van der Waals surface area contributed by atoms with Crippen LogP contribution >= 0.6 is 0 Å². The number of ether oxygens (including phenoxy) is 1. The number of para-hydroxylation sites is 1. The Labute approximate surface area is 202 Å². The number of benzene rings is 1. The Hall–Kier alpha value is -2.03. The summed E-state index contributed by atoms with van der Waals surface area (Å²) in [5, 5.41) is 2.78. The molecule has 1 aromatic rings. The zero-order valence-corrected chi connectivity index (χ0v) is 21.6. The van der Waals surface area contributed by atoms with Crippen LogP contribution in [0.15, 0.2) is 54.1 Å². The highest BCUT2D eigenvalue weighted by Gasteiger charge is 2.52. The van der Waals surface area contributed by atoms with Crippen LogP contribution in [0.5, 0.6) is 0 Å². The Morgan fingerprint density at radius 2 is 1.97 bits per heavy atom. The van der Waals surface area contributed by atoms with Gasteiger partial charge in [-0.2, -0.15) is 0 Å². The van der Waals surface area contributed by atoms with Crippen molar-refractivity contribution in [2.75, 3.05) is 5.32 Å². The molecule has 0 bridgehead atoms. The molecule has 1 amide bonds. The van der Waals surface area contributed by atoms with Crippen molar-refractivity contribution in [3.05, 3.63) is 54.1 Å². The molecule has 2 aliphatic rings. The number of anilines is 1. The van der Waals surface area contributed by atoms with E-state index in [-0.39, 0.29) is 12.2 Å². The largest absolute Gasteiger partial charge is 0.446 e. The Bertz CT molecular complexity index is 840. The third-order valence-corrected chi connectivity index (χ3v) is 8.54. The number of amides is 1. The zero-order valence-electron chi connectivity index (χ0n) is 21.6. The predicted octanol–water partition coefficient (Wildman–Crippen LogP) is 8.93. The average molecular weight is 452 g/mol. The quantitative estimate of drug-likeness (QED) is 0.401. The number of nitrogens with one attached hydrogen (secondary N) is 1. The number of hydrogen-bond acceptors (Lipinski definition) is 2. The molecule has 1 N–H and O–H groups in total. The fourth-order valence-electron chi connectivity index (χ4n) is 6.76. The number of allylic oxidation sites excluding steroid dienone is 3. The smallest absolute Gasteiger partial charge is 0.411 e. The van der Waals surface area contributed by atoms with Crippen LogP contribution in [0.1, 0.15) is 92.4 Å². The van der Waals surface area contributed by atoms with Crippen molar-refractivity contribution >= 4 is 11.8 Å². The molecule has 182 valence electrons. The van der Waals surface area contributed by atoms with Crippen molar-refractivity contribution in [1.82, 2.24) is 0 Å². The third kappa shape index (κ3) is 6.52. The molecule has 2 saturated carbocycles. The van der Waals surface area contributed by atoms with Gasteiger partial charge >= 0.3 is 6.09 Å². The van der Waals surface area contributed by atoms with Gasteiger partial charge in [0.15, 0.2) is 0 Å². The fraction of sp³-hybridized carbons (Fsp3) is 0.633. The van der Waals surface area contributed by atoms with Gasteiger partial charge in [0.2, 0.25) is 0 Å². The maximum absolute atomic E-state index is 12.1. The Morgan fingerprint density at radius 3 is 2.70 bits per heavy atom. The molecule has 3 nitrogen and oxygen atoms in total. The molecular weight excluding hydrogens is 406 g/mol. The first-order chi connectivity index (χ1) is 15.6. The zero-order chi connectivity index (χ0) is 24.1. The van der Waals surface area contributed by atoms with Crippen molar-refractivity contribution in [2.24, 2.45) is 22.7 Å². The minimum Gasteiger partial charge on any atom is -0.446 e. The highest BCUT2D eigenvalue weighted by atomic mass is 16.6. The van der Waals surface area contributed by atoms with E-state index in [4.69, 9.17) is 4.74 Å². The minimum atomic E-state index is -0.386. The maximum atomic E-state index is 12.1. The molecule has 0 radical (unpaired) electrons. The molecule has 2 fully saturated rings. The van der Waals surface area contributed by atoms with Gasteiger partial charge in [-0.15, -0.1) is 0 Å². The highest BCUT2D eigenvalue weighted by molar-refractivity contribution is 5.84. The second-order valence-electron chi connectivity index (χ2n) is 11.5. The molecule has 0 heterocycles. The molecule has 0 spiro atoms. The number of fused-ring (bicyclic) bond motifs is 1. The minimum absolute atomic E-state index is 0.111. The summed E-state index contributed by atoms with van der Waals surface area (Å²) in [6, 6.07) is 9.42. The van der Waals surface area contributed by atoms with Gasteiger partial charge in [0.05, 0.1) is 0 Å². The van der Waals surface area contributed by atoms with Gasteiger partial charge in [0.1, 0.15) is 6.10 Å². The van der Waals surface area contributed by atoms with Crippen molar-refractivity contribution in [2.45, 2.75) is 98.5 Å². The van der Waals surface area contributed by atoms with E-state index in [0.29, 0.717) is 16.7 Å². The van der Waals surface area contributed by atoms with Gasteiger partial charge in [-0.25, -0.2) is 4.79 Å². The Kier molecular flexibility index (Phi) is 8.48. The molecular formula is C30H45NO2. The van der Waals surface area contributed by atoms with Crippen LogP contribution < -0.4 is 5.32 Å². The number of carbonyl (C=O) groups excluding carboxylic acids is 1. The summed E-state index contributed by atoms with van der Waals surface area (Å²) in [4.78, 5) is 12.1. The Balaban J connectivity index is 1.45. The fourth-order valence-corrected chi connectivity index (χ4v) is 6.76. The first kappa shape index (κ1) is 25.6. The summed E-state index contributed by atoms with van der Waals surface area (Å²) in [6.07, 6.45) is 12.6. The van der Waals surface area contributed by atoms with E-state index in [1.54, 1.807) is 0 Å². The first-order valence-corrected chi connectivity index (χ1v) is 13.0. The first-order valence-electron chi connectivity index (χ1n) is 13.0. The summed E-state index contributed by atoms with van der Waals surface area (Å²) in [5.41, 5.74) is 4.56. The molecule has 0 aliphatic heterocycles. The summed E-state index contributed by atoms with van der Waals surface area (Å²) in [7, 11) is 0. The third-order valence-electron chi connectivity index (χ3n) is 8.54. The standard InChI is InChI=1S/C30H45NO2/c1-22(12-10-13-24(3)33-28(32)31-25-14-8-7-9-15-25)16-18-26-23(2)17-19-27-29(4,5)20-11-21-30(26,27)6/h7-9,12,14-15,24,26-27H,2,10-11,13,16-21H2,1,3-6H3,(H,31,32)/b22-12+/t24-,26+,27+,30+/m1/s1. The van der Waals surface area contributed by atoms with Crippen LogP contribution in [-0.2, 0) is 4.74 Å². The summed E-state index contributed by atoms with van der Waals surface area (Å²) in [5.74, 6) is 1.46. The van der Waals surface area contributed by atoms with Crippen LogP contribution in [0.3, 0.4) is 0 Å². The lowest BCUT2D eigenvalue weighted by Gasteiger charge is -2.58. The lowest BCUT2D eigenvalue weighted by molar-refractivity contribution is -0.0539. The summed E-state index contributed by atoms with van der Waals surface area (Å²) < 4.78 is 5.51. The second kappa shape index (κ2) is 10.9. The SMILES string of the molecule is C=C1CC[C@H]2C(C)(C)CCC[C@@]2(C)[C@H]1CC/C(C)=C/CC[C@@H](C)OC(=O)Nc1ccccc1. The van der Waals surface area contributed by atoms with Crippen LogP contribution in [0.25, 0.3) is 0 Å². The van der Waals surface area contributed by atoms with E-state index in [1.165, 1.54) is 49.7 Å². The topological polar surface area (TPSA) is 38.3 Å². The van der Waals surface area contributed by atoms with E-state index in [0.717, 1.165) is 30.9 Å². The average Bonchev–Trinajstić information content (AvgIpc) is 2.73. The van der Waals surface area contributed by atoms with Gasteiger partial charge in [0.25, 0.3) is 0 Å². The summed E-state index contributed by atoms with van der Waals surface area (Å²) in [6.45, 7) is 16.3. The van der Waals surface area contributed by atoms with Gasteiger partial charge in [0, 0.05) is 5.69 Å². The van der Waals surface area contributed by atoms with E-state index in [2.05, 4.69) is 45.7 Å². The van der Waals surface area contributed by atoms with Gasteiger partial charge in [-0.1, -0.05) is 69.2 Å². The molecule has 3 heteroatoms. The van der Waals surface area contributed by atoms with Crippen molar-refractivity contribution in [3.63, 3.8) is 0 Å². The second-order valence-corrected chi connectivity index (χ2v) is 11.5. The van der Waals surface area contributed by atoms with Gasteiger partial charge < -0.3 is 4.74 Å². The van der Waals surface area contributed by atoms with E-state index in [9.17, 15) is 4.79 Å². The molecule has 3 rings (SSSR count). The van der Waals surface area contributed by atoms with Gasteiger partial charge in [-0.3, -0.25) is 5.32 Å². The molecule has 0 aromatic heterocycles. The number of rotatable bonds is 8. The molecule has 1 aromatic carbocycles. The molecule has 4 atom stereocenters. The number of carbonyl (C=O) groups is 1. The maximum Gasteiger partial charge on any atom is 0.411 e. The Morgan fingerprint density at radius 1 is 1.24 bits per heavy atom.